The minimum atomic E-state index is -0.167. The lowest BCUT2D eigenvalue weighted by molar-refractivity contribution is 0.0945. The molecule has 20 heavy (non-hydrogen) atoms. The molecule has 0 atom stereocenters. The van der Waals surface area contributed by atoms with Crippen LogP contribution < -0.4 is 10.6 Å². The molecule has 0 saturated heterocycles. The molecule has 2 aromatic rings. The summed E-state index contributed by atoms with van der Waals surface area (Å²) in [5.41, 5.74) is 2.87. The topological polar surface area (TPSA) is 61.4 Å². The summed E-state index contributed by atoms with van der Waals surface area (Å²) in [7, 11) is 0. The van der Waals surface area contributed by atoms with Gasteiger partial charge in [-0.1, -0.05) is 0 Å². The largest absolute Gasteiger partial charge is 0.395 e. The fourth-order valence-electron chi connectivity index (χ4n) is 1.78. The third-order valence-electron chi connectivity index (χ3n) is 2.97. The third-order valence-corrected chi connectivity index (χ3v) is 3.99. The second-order valence-electron chi connectivity index (χ2n) is 4.44. The molecule has 0 aliphatic carbocycles. The van der Waals surface area contributed by atoms with Crippen LogP contribution in [0.25, 0.3) is 0 Å². The van der Waals surface area contributed by atoms with Crippen LogP contribution in [0, 0.1) is 6.92 Å². The highest BCUT2D eigenvalue weighted by atomic mass is 32.1. The number of aliphatic hydroxyl groups excluding tert-OH is 1. The third kappa shape index (κ3) is 3.82. The molecule has 0 spiro atoms. The molecule has 1 aromatic carbocycles. The van der Waals surface area contributed by atoms with E-state index in [1.54, 1.807) is 23.5 Å². The second-order valence-corrected chi connectivity index (χ2v) is 5.44. The number of anilines is 1. The number of nitrogens with one attached hydrogen (secondary N) is 2. The minimum absolute atomic E-state index is 0.0501. The van der Waals surface area contributed by atoms with Gasteiger partial charge in [0.05, 0.1) is 6.61 Å². The van der Waals surface area contributed by atoms with E-state index in [0.717, 1.165) is 12.2 Å². The molecular formula is C15H18N2O2S. The zero-order chi connectivity index (χ0) is 14.4. The van der Waals surface area contributed by atoms with Crippen molar-refractivity contribution in [3.05, 3.63) is 51.7 Å². The Bertz CT molecular complexity index is 564. The maximum absolute atomic E-state index is 11.7. The van der Waals surface area contributed by atoms with Crippen molar-refractivity contribution in [2.24, 2.45) is 0 Å². The number of amides is 1. The van der Waals surface area contributed by atoms with Crippen LogP contribution in [0.5, 0.6) is 0 Å². The van der Waals surface area contributed by atoms with Gasteiger partial charge in [-0.2, -0.15) is 0 Å². The first-order valence-corrected chi connectivity index (χ1v) is 7.34. The van der Waals surface area contributed by atoms with Crippen molar-refractivity contribution >= 4 is 22.9 Å². The SMILES string of the molecule is Cc1ccsc1CNc1ccc(C(=O)NCCO)cc1. The Labute approximate surface area is 122 Å². The molecule has 5 heteroatoms. The smallest absolute Gasteiger partial charge is 0.251 e. The van der Waals surface area contributed by atoms with Crippen molar-refractivity contribution in [3.63, 3.8) is 0 Å². The van der Waals surface area contributed by atoms with E-state index in [1.807, 2.05) is 12.1 Å². The van der Waals surface area contributed by atoms with Crippen LogP contribution in [0.2, 0.25) is 0 Å². The molecule has 4 nitrogen and oxygen atoms in total. The van der Waals surface area contributed by atoms with Gasteiger partial charge in [-0.15, -0.1) is 11.3 Å². The number of hydrogen-bond donors (Lipinski definition) is 3. The van der Waals surface area contributed by atoms with E-state index in [2.05, 4.69) is 29.0 Å². The predicted octanol–water partition coefficient (Wildman–Crippen LogP) is 2.39. The van der Waals surface area contributed by atoms with E-state index in [0.29, 0.717) is 5.56 Å². The van der Waals surface area contributed by atoms with Crippen molar-refractivity contribution in [1.82, 2.24) is 5.32 Å². The summed E-state index contributed by atoms with van der Waals surface area (Å²) in [6.45, 7) is 3.11. The van der Waals surface area contributed by atoms with Crippen molar-refractivity contribution < 1.29 is 9.90 Å². The van der Waals surface area contributed by atoms with Gasteiger partial charge in [-0.25, -0.2) is 0 Å². The highest BCUT2D eigenvalue weighted by molar-refractivity contribution is 7.10. The monoisotopic (exact) mass is 290 g/mol. The second kappa shape index (κ2) is 7.07. The lowest BCUT2D eigenvalue weighted by Crippen LogP contribution is -2.26. The van der Waals surface area contributed by atoms with Gasteiger partial charge in [-0.05, 0) is 48.2 Å². The van der Waals surface area contributed by atoms with Gasteiger partial charge in [0, 0.05) is 29.2 Å². The van der Waals surface area contributed by atoms with E-state index >= 15 is 0 Å². The number of benzene rings is 1. The molecule has 2 rings (SSSR count). The number of aryl methyl sites for hydroxylation is 1. The number of thiophene rings is 1. The molecule has 0 bridgehead atoms. The summed E-state index contributed by atoms with van der Waals surface area (Å²) in [6.07, 6.45) is 0. The zero-order valence-electron chi connectivity index (χ0n) is 11.3. The lowest BCUT2D eigenvalue weighted by atomic mass is 10.2. The molecule has 0 radical (unpaired) electrons. The Hall–Kier alpha value is -1.85. The summed E-state index contributed by atoms with van der Waals surface area (Å²) < 4.78 is 0. The maximum atomic E-state index is 11.7. The average Bonchev–Trinajstić information content (AvgIpc) is 2.88. The first-order chi connectivity index (χ1) is 9.70. The normalized spacial score (nSPS) is 10.3. The van der Waals surface area contributed by atoms with Gasteiger partial charge in [-0.3, -0.25) is 4.79 Å². The van der Waals surface area contributed by atoms with Gasteiger partial charge in [0.1, 0.15) is 0 Å². The van der Waals surface area contributed by atoms with Crippen LogP contribution >= 0.6 is 11.3 Å². The molecule has 0 unspecified atom stereocenters. The van der Waals surface area contributed by atoms with E-state index in [9.17, 15) is 4.79 Å². The van der Waals surface area contributed by atoms with Crippen LogP contribution in [0.15, 0.2) is 35.7 Å². The fraction of sp³-hybridized carbons (Fsp3) is 0.267. The average molecular weight is 290 g/mol. The first-order valence-electron chi connectivity index (χ1n) is 6.46. The standard InChI is InChI=1S/C15H18N2O2S/c1-11-6-9-20-14(11)10-17-13-4-2-12(3-5-13)15(19)16-7-8-18/h2-6,9,17-18H,7-8,10H2,1H3,(H,16,19). The molecule has 1 aromatic heterocycles. The molecule has 0 aliphatic rings. The summed E-state index contributed by atoms with van der Waals surface area (Å²) >= 11 is 1.74. The van der Waals surface area contributed by atoms with Gasteiger partial charge < -0.3 is 15.7 Å². The molecule has 0 aliphatic heterocycles. The minimum Gasteiger partial charge on any atom is -0.395 e. The van der Waals surface area contributed by atoms with E-state index in [1.165, 1.54) is 10.4 Å². The molecule has 3 N–H and O–H groups in total. The molecular weight excluding hydrogens is 272 g/mol. The lowest BCUT2D eigenvalue weighted by Gasteiger charge is -2.07. The Balaban J connectivity index is 1.91. The molecule has 106 valence electrons. The van der Waals surface area contributed by atoms with Crippen LogP contribution in [0.1, 0.15) is 20.8 Å². The Morgan fingerprint density at radius 2 is 2.00 bits per heavy atom. The summed E-state index contributed by atoms with van der Waals surface area (Å²) in [5, 5.41) is 16.7. The van der Waals surface area contributed by atoms with Crippen LogP contribution in [-0.2, 0) is 6.54 Å². The molecule has 1 amide bonds. The predicted molar refractivity (Wildman–Crippen MR) is 82.2 cm³/mol. The maximum Gasteiger partial charge on any atom is 0.251 e. The zero-order valence-corrected chi connectivity index (χ0v) is 12.2. The fourth-order valence-corrected chi connectivity index (χ4v) is 2.62. The molecule has 0 saturated carbocycles. The highest BCUT2D eigenvalue weighted by Crippen LogP contribution is 2.18. The van der Waals surface area contributed by atoms with Gasteiger partial charge in [0.25, 0.3) is 5.91 Å². The first kappa shape index (κ1) is 14.6. The van der Waals surface area contributed by atoms with Crippen LogP contribution in [0.3, 0.4) is 0 Å². The van der Waals surface area contributed by atoms with Crippen LogP contribution in [-0.4, -0.2) is 24.2 Å². The van der Waals surface area contributed by atoms with Gasteiger partial charge >= 0.3 is 0 Å². The number of carbonyl (C=O) groups excluding carboxylic acids is 1. The summed E-state index contributed by atoms with van der Waals surface area (Å²) in [5.74, 6) is -0.167. The van der Waals surface area contributed by atoms with E-state index in [-0.39, 0.29) is 19.1 Å². The quantitative estimate of drug-likeness (QED) is 0.765. The summed E-state index contributed by atoms with van der Waals surface area (Å²) in [4.78, 5) is 13.0. The van der Waals surface area contributed by atoms with Gasteiger partial charge in [0.2, 0.25) is 0 Å². The van der Waals surface area contributed by atoms with Gasteiger partial charge in [0.15, 0.2) is 0 Å². The number of aliphatic hydroxyl groups is 1. The summed E-state index contributed by atoms with van der Waals surface area (Å²) in [6, 6.07) is 9.43. The van der Waals surface area contributed by atoms with Crippen molar-refractivity contribution in [1.29, 1.82) is 0 Å². The Morgan fingerprint density at radius 3 is 2.60 bits per heavy atom. The van der Waals surface area contributed by atoms with Crippen molar-refractivity contribution in [2.75, 3.05) is 18.5 Å². The molecule has 1 heterocycles. The van der Waals surface area contributed by atoms with Crippen molar-refractivity contribution in [3.8, 4) is 0 Å². The number of carbonyl (C=O) groups is 1. The highest BCUT2D eigenvalue weighted by Gasteiger charge is 2.04. The Morgan fingerprint density at radius 1 is 1.25 bits per heavy atom. The Kier molecular flexibility index (Phi) is 5.15. The van der Waals surface area contributed by atoms with E-state index < -0.39 is 0 Å². The van der Waals surface area contributed by atoms with E-state index in [4.69, 9.17) is 5.11 Å². The number of hydrogen-bond acceptors (Lipinski definition) is 4. The van der Waals surface area contributed by atoms with Crippen LogP contribution in [0.4, 0.5) is 5.69 Å². The number of rotatable bonds is 6. The van der Waals surface area contributed by atoms with Crippen molar-refractivity contribution in [2.45, 2.75) is 13.5 Å². The molecule has 0 fully saturated rings.